The maximum absolute atomic E-state index is 6.05. The number of rotatable bonds is 4. The molecule has 0 aliphatic carbocycles. The maximum atomic E-state index is 6.05. The molecule has 0 amide bonds. The Bertz CT molecular complexity index is 695. The first-order valence-electron chi connectivity index (χ1n) is 7.86. The Morgan fingerprint density at radius 1 is 1.48 bits per heavy atom. The molecule has 0 bridgehead atoms. The molecular formula is C17H22N4OS. The highest BCUT2D eigenvalue weighted by atomic mass is 32.1. The first-order valence-corrected chi connectivity index (χ1v) is 8.74. The van der Waals surface area contributed by atoms with Crippen LogP contribution >= 0.6 is 11.3 Å². The second kappa shape index (κ2) is 7.00. The van der Waals surface area contributed by atoms with Crippen molar-refractivity contribution in [3.8, 4) is 5.75 Å². The molecule has 1 atom stereocenters. The summed E-state index contributed by atoms with van der Waals surface area (Å²) in [6, 6.07) is 8.19. The van der Waals surface area contributed by atoms with Crippen LogP contribution in [0.1, 0.15) is 48.5 Å². The second-order valence-corrected chi connectivity index (χ2v) is 6.84. The molecule has 6 heteroatoms. The van der Waals surface area contributed by atoms with Gasteiger partial charge >= 0.3 is 0 Å². The number of aromatic nitrogens is 1. The summed E-state index contributed by atoms with van der Waals surface area (Å²) in [5.41, 5.74) is 8.30. The number of guanidine groups is 1. The van der Waals surface area contributed by atoms with Crippen molar-refractivity contribution in [3.05, 3.63) is 45.9 Å². The Kier molecular flexibility index (Phi) is 4.81. The first kappa shape index (κ1) is 15.8. The van der Waals surface area contributed by atoms with Gasteiger partial charge in [-0.15, -0.1) is 11.3 Å². The number of hydrogen-bond acceptors (Lipinski definition) is 4. The molecule has 1 aliphatic heterocycles. The molecule has 2 aromatic rings. The average molecular weight is 330 g/mol. The monoisotopic (exact) mass is 330 g/mol. The van der Waals surface area contributed by atoms with E-state index in [0.717, 1.165) is 28.4 Å². The van der Waals surface area contributed by atoms with E-state index < -0.39 is 0 Å². The van der Waals surface area contributed by atoms with Crippen LogP contribution in [-0.2, 0) is 6.54 Å². The third-order valence-electron chi connectivity index (χ3n) is 3.83. The third-order valence-corrected chi connectivity index (χ3v) is 4.68. The summed E-state index contributed by atoms with van der Waals surface area (Å²) in [7, 11) is 0. The zero-order chi connectivity index (χ0) is 16.2. The van der Waals surface area contributed by atoms with Gasteiger partial charge in [-0.3, -0.25) is 0 Å². The van der Waals surface area contributed by atoms with Gasteiger partial charge in [0.15, 0.2) is 5.96 Å². The highest BCUT2D eigenvalue weighted by molar-refractivity contribution is 7.09. The lowest BCUT2D eigenvalue weighted by Crippen LogP contribution is -2.37. The summed E-state index contributed by atoms with van der Waals surface area (Å²) in [5.74, 6) is 1.82. The number of aliphatic imine (C=N–C) groups is 1. The van der Waals surface area contributed by atoms with Gasteiger partial charge in [0, 0.05) is 17.4 Å². The van der Waals surface area contributed by atoms with Gasteiger partial charge in [0.2, 0.25) is 0 Å². The van der Waals surface area contributed by atoms with E-state index >= 15 is 0 Å². The Hall–Kier alpha value is -2.08. The largest absolute Gasteiger partial charge is 0.493 e. The van der Waals surface area contributed by atoms with E-state index in [-0.39, 0.29) is 6.04 Å². The highest BCUT2D eigenvalue weighted by Gasteiger charge is 2.21. The van der Waals surface area contributed by atoms with Gasteiger partial charge in [-0.2, -0.15) is 0 Å². The molecule has 0 fully saturated rings. The van der Waals surface area contributed by atoms with Crippen LogP contribution in [0.25, 0.3) is 0 Å². The number of nitrogens with two attached hydrogens (primary N) is 1. The van der Waals surface area contributed by atoms with Crippen LogP contribution < -0.4 is 15.8 Å². The molecule has 1 aliphatic rings. The molecule has 1 aromatic heterocycles. The number of hydrogen-bond donors (Lipinski definition) is 2. The van der Waals surface area contributed by atoms with Crippen molar-refractivity contribution >= 4 is 17.3 Å². The van der Waals surface area contributed by atoms with Gasteiger partial charge < -0.3 is 15.8 Å². The fourth-order valence-electron chi connectivity index (χ4n) is 2.53. The minimum absolute atomic E-state index is 0.145. The van der Waals surface area contributed by atoms with Crippen LogP contribution in [0, 0.1) is 0 Å². The fraction of sp³-hybridized carbons (Fsp3) is 0.412. The zero-order valence-corrected chi connectivity index (χ0v) is 14.3. The Morgan fingerprint density at radius 2 is 2.30 bits per heavy atom. The summed E-state index contributed by atoms with van der Waals surface area (Å²) in [4.78, 5) is 9.00. The topological polar surface area (TPSA) is 72.5 Å². The van der Waals surface area contributed by atoms with Crippen molar-refractivity contribution in [3.63, 3.8) is 0 Å². The maximum Gasteiger partial charge on any atom is 0.189 e. The molecule has 0 saturated carbocycles. The van der Waals surface area contributed by atoms with Gasteiger partial charge in [-0.05, 0) is 12.0 Å². The van der Waals surface area contributed by atoms with Crippen LogP contribution in [0.3, 0.4) is 0 Å². The minimum atomic E-state index is 0.145. The van der Waals surface area contributed by atoms with Crippen molar-refractivity contribution in [2.24, 2.45) is 10.7 Å². The van der Waals surface area contributed by atoms with Crippen LogP contribution in [0.15, 0.2) is 34.6 Å². The van der Waals surface area contributed by atoms with Crippen molar-refractivity contribution in [2.75, 3.05) is 6.61 Å². The minimum Gasteiger partial charge on any atom is -0.493 e. The molecule has 1 aromatic carbocycles. The molecule has 3 N–H and O–H groups in total. The fourth-order valence-corrected chi connectivity index (χ4v) is 3.41. The smallest absolute Gasteiger partial charge is 0.189 e. The zero-order valence-electron chi connectivity index (χ0n) is 13.5. The van der Waals surface area contributed by atoms with Gasteiger partial charge in [-0.25, -0.2) is 9.98 Å². The van der Waals surface area contributed by atoms with Crippen molar-refractivity contribution < 1.29 is 4.74 Å². The lowest BCUT2D eigenvalue weighted by molar-refractivity contribution is 0.262. The third kappa shape index (κ3) is 3.82. The Balaban J connectivity index is 1.64. The number of nitrogens with zero attached hydrogens (tertiary/aromatic N) is 2. The molecular weight excluding hydrogens is 308 g/mol. The van der Waals surface area contributed by atoms with E-state index in [2.05, 4.69) is 40.6 Å². The van der Waals surface area contributed by atoms with Crippen molar-refractivity contribution in [2.45, 2.75) is 38.8 Å². The lowest BCUT2D eigenvalue weighted by Gasteiger charge is -2.26. The summed E-state index contributed by atoms with van der Waals surface area (Å²) in [6.45, 7) is 5.48. The van der Waals surface area contributed by atoms with Crippen molar-refractivity contribution in [1.29, 1.82) is 0 Å². The molecule has 0 radical (unpaired) electrons. The van der Waals surface area contributed by atoms with Gasteiger partial charge in [0.25, 0.3) is 0 Å². The molecule has 0 spiro atoms. The molecule has 1 unspecified atom stereocenters. The molecule has 122 valence electrons. The molecule has 0 saturated heterocycles. The van der Waals surface area contributed by atoms with E-state index in [1.54, 1.807) is 11.3 Å². The summed E-state index contributed by atoms with van der Waals surface area (Å²) < 4.78 is 5.66. The summed E-state index contributed by atoms with van der Waals surface area (Å²) >= 11 is 1.63. The van der Waals surface area contributed by atoms with E-state index in [1.807, 2.05) is 18.2 Å². The number of ether oxygens (including phenoxy) is 1. The van der Waals surface area contributed by atoms with E-state index in [1.165, 1.54) is 0 Å². The molecule has 5 nitrogen and oxygen atoms in total. The number of para-hydroxylation sites is 1. The summed E-state index contributed by atoms with van der Waals surface area (Å²) in [5, 5.41) is 6.38. The quantitative estimate of drug-likeness (QED) is 0.667. The van der Waals surface area contributed by atoms with E-state index in [9.17, 15) is 0 Å². The van der Waals surface area contributed by atoms with E-state index in [0.29, 0.717) is 25.0 Å². The number of fused-ring (bicyclic) bond motifs is 1. The predicted molar refractivity (Wildman–Crippen MR) is 94.0 cm³/mol. The average Bonchev–Trinajstić information content (AvgIpc) is 3.03. The molecule has 3 rings (SSSR count). The standard InChI is InChI=1S/C17H22N4OS/c1-11(2)14-10-23-16(20-14)9-19-17(18)21-13-7-8-22-15-6-4-3-5-12(13)15/h3-6,10-11,13H,7-9H2,1-2H3,(H3,18,19,21). The molecule has 2 heterocycles. The normalized spacial score (nSPS) is 17.7. The number of benzene rings is 1. The predicted octanol–water partition coefficient (Wildman–Crippen LogP) is 3.19. The SMILES string of the molecule is CC(C)c1csc(CN=C(N)NC2CCOc3ccccc32)n1. The van der Waals surface area contributed by atoms with Gasteiger partial charge in [0.05, 0.1) is 24.9 Å². The lowest BCUT2D eigenvalue weighted by atomic mass is 10.0. The number of nitrogens with one attached hydrogen (secondary N) is 1. The Morgan fingerprint density at radius 3 is 3.09 bits per heavy atom. The van der Waals surface area contributed by atoms with Crippen LogP contribution in [-0.4, -0.2) is 17.6 Å². The first-order chi connectivity index (χ1) is 11.1. The van der Waals surface area contributed by atoms with Crippen LogP contribution in [0.4, 0.5) is 0 Å². The number of thiazole rings is 1. The van der Waals surface area contributed by atoms with Gasteiger partial charge in [-0.1, -0.05) is 32.0 Å². The Labute approximate surface area is 140 Å². The highest BCUT2D eigenvalue weighted by Crippen LogP contribution is 2.31. The molecule has 23 heavy (non-hydrogen) atoms. The summed E-state index contributed by atoms with van der Waals surface area (Å²) in [6.07, 6.45) is 0.877. The second-order valence-electron chi connectivity index (χ2n) is 5.89. The van der Waals surface area contributed by atoms with Crippen molar-refractivity contribution in [1.82, 2.24) is 10.3 Å². The van der Waals surface area contributed by atoms with Crippen LogP contribution in [0.5, 0.6) is 5.75 Å². The van der Waals surface area contributed by atoms with Gasteiger partial charge in [0.1, 0.15) is 10.8 Å². The van der Waals surface area contributed by atoms with E-state index in [4.69, 9.17) is 10.5 Å². The van der Waals surface area contributed by atoms with Crippen LogP contribution in [0.2, 0.25) is 0 Å².